The lowest BCUT2D eigenvalue weighted by atomic mass is 10.1. The molecule has 0 bridgehead atoms. The molecule has 0 atom stereocenters. The van der Waals surface area contributed by atoms with Crippen molar-refractivity contribution in [3.8, 4) is 0 Å². The Morgan fingerprint density at radius 3 is 2.57 bits per heavy atom. The number of hydrogen-bond acceptors (Lipinski definition) is 3. The predicted molar refractivity (Wildman–Crippen MR) is 93.4 cm³/mol. The normalized spacial score (nSPS) is 12.6. The Hall–Kier alpha value is -2.18. The third-order valence-electron chi connectivity index (χ3n) is 3.58. The molecule has 2 aromatic carbocycles. The first-order chi connectivity index (χ1) is 11.0. The molecule has 3 rings (SSSR count). The highest BCUT2D eigenvalue weighted by molar-refractivity contribution is 9.10. The Kier molecular flexibility index (Phi) is 4.45. The number of halogens is 1. The van der Waals surface area contributed by atoms with Crippen LogP contribution in [0.25, 0.3) is 0 Å². The Morgan fingerprint density at radius 1 is 1.00 bits per heavy atom. The SMILES string of the molecule is CC(=O)Nc1cc(Br)cc(C(=O)Nc2ccc3c(c2)CNC3)c1. The van der Waals surface area contributed by atoms with E-state index < -0.39 is 0 Å². The second-order valence-corrected chi connectivity index (χ2v) is 6.37. The lowest BCUT2D eigenvalue weighted by Gasteiger charge is -2.09. The monoisotopic (exact) mass is 373 g/mol. The second-order valence-electron chi connectivity index (χ2n) is 5.45. The summed E-state index contributed by atoms with van der Waals surface area (Å²) in [5.41, 5.74) is 4.28. The lowest BCUT2D eigenvalue weighted by Crippen LogP contribution is -2.13. The van der Waals surface area contributed by atoms with E-state index >= 15 is 0 Å². The fraction of sp³-hybridized carbons (Fsp3) is 0.176. The first-order valence-electron chi connectivity index (χ1n) is 7.23. The van der Waals surface area contributed by atoms with Gasteiger partial charge in [-0.25, -0.2) is 0 Å². The van der Waals surface area contributed by atoms with Gasteiger partial charge < -0.3 is 16.0 Å². The van der Waals surface area contributed by atoms with Crippen LogP contribution in [-0.2, 0) is 17.9 Å². The van der Waals surface area contributed by atoms with Gasteiger partial charge in [0, 0.05) is 41.4 Å². The van der Waals surface area contributed by atoms with E-state index in [1.165, 1.54) is 18.1 Å². The molecule has 118 valence electrons. The third-order valence-corrected chi connectivity index (χ3v) is 4.03. The smallest absolute Gasteiger partial charge is 0.255 e. The minimum Gasteiger partial charge on any atom is -0.326 e. The Labute approximate surface area is 142 Å². The van der Waals surface area contributed by atoms with Crippen molar-refractivity contribution in [2.75, 3.05) is 10.6 Å². The van der Waals surface area contributed by atoms with Gasteiger partial charge in [-0.05, 0) is 41.5 Å². The van der Waals surface area contributed by atoms with E-state index in [2.05, 4.69) is 31.9 Å². The molecule has 1 aliphatic rings. The summed E-state index contributed by atoms with van der Waals surface area (Å²) in [5.74, 6) is -0.399. The number of rotatable bonds is 3. The molecular formula is C17H16BrN3O2. The molecule has 6 heteroatoms. The van der Waals surface area contributed by atoms with Crippen molar-refractivity contribution in [1.29, 1.82) is 0 Å². The number of amides is 2. The fourth-order valence-electron chi connectivity index (χ4n) is 2.57. The quantitative estimate of drug-likeness (QED) is 0.773. The molecule has 0 unspecified atom stereocenters. The van der Waals surface area contributed by atoms with E-state index in [1.54, 1.807) is 18.2 Å². The zero-order valence-corrected chi connectivity index (χ0v) is 14.2. The van der Waals surface area contributed by atoms with Crippen molar-refractivity contribution in [3.63, 3.8) is 0 Å². The van der Waals surface area contributed by atoms with Crippen molar-refractivity contribution in [3.05, 3.63) is 57.6 Å². The highest BCUT2D eigenvalue weighted by atomic mass is 79.9. The molecule has 0 radical (unpaired) electrons. The summed E-state index contributed by atoms with van der Waals surface area (Å²) in [6, 6.07) is 11.0. The molecule has 5 nitrogen and oxygen atoms in total. The van der Waals surface area contributed by atoms with Gasteiger partial charge in [0.1, 0.15) is 0 Å². The van der Waals surface area contributed by atoms with Crippen LogP contribution in [0.3, 0.4) is 0 Å². The summed E-state index contributed by atoms with van der Waals surface area (Å²) in [7, 11) is 0. The highest BCUT2D eigenvalue weighted by Gasteiger charge is 2.13. The van der Waals surface area contributed by atoms with Gasteiger partial charge in [0.25, 0.3) is 5.91 Å². The van der Waals surface area contributed by atoms with Crippen molar-refractivity contribution in [2.45, 2.75) is 20.0 Å². The zero-order valence-electron chi connectivity index (χ0n) is 12.6. The highest BCUT2D eigenvalue weighted by Crippen LogP contribution is 2.23. The summed E-state index contributed by atoms with van der Waals surface area (Å²) in [6.07, 6.45) is 0. The number of anilines is 2. The maximum Gasteiger partial charge on any atom is 0.255 e. The first-order valence-corrected chi connectivity index (χ1v) is 8.02. The topological polar surface area (TPSA) is 70.2 Å². The standard InChI is InChI=1S/C17H16BrN3O2/c1-10(22)20-16-5-12(4-14(18)7-16)17(23)21-15-3-2-11-8-19-9-13(11)6-15/h2-7,19H,8-9H2,1H3,(H,20,22)(H,21,23). The molecule has 3 N–H and O–H groups in total. The summed E-state index contributed by atoms with van der Waals surface area (Å²) in [4.78, 5) is 23.6. The molecule has 0 saturated carbocycles. The van der Waals surface area contributed by atoms with Gasteiger partial charge in [0.15, 0.2) is 0 Å². The molecule has 2 amide bonds. The van der Waals surface area contributed by atoms with Crippen LogP contribution >= 0.6 is 15.9 Å². The number of hydrogen-bond donors (Lipinski definition) is 3. The molecule has 0 aromatic heterocycles. The van der Waals surface area contributed by atoms with Gasteiger partial charge in [-0.1, -0.05) is 22.0 Å². The molecule has 0 aliphatic carbocycles. The Morgan fingerprint density at radius 2 is 1.78 bits per heavy atom. The maximum absolute atomic E-state index is 12.4. The number of carbonyl (C=O) groups excluding carboxylic acids is 2. The first kappa shape index (κ1) is 15.7. The van der Waals surface area contributed by atoms with E-state index in [0.29, 0.717) is 11.3 Å². The van der Waals surface area contributed by atoms with Crippen LogP contribution in [0.1, 0.15) is 28.4 Å². The van der Waals surface area contributed by atoms with Crippen molar-refractivity contribution < 1.29 is 9.59 Å². The van der Waals surface area contributed by atoms with Crippen LogP contribution in [0.2, 0.25) is 0 Å². The zero-order chi connectivity index (χ0) is 16.4. The largest absolute Gasteiger partial charge is 0.326 e. The number of nitrogens with one attached hydrogen (secondary N) is 3. The molecule has 0 fully saturated rings. The summed E-state index contributed by atoms with van der Waals surface area (Å²) < 4.78 is 0.729. The third kappa shape index (κ3) is 3.78. The minimum atomic E-state index is -0.219. The van der Waals surface area contributed by atoms with Gasteiger partial charge in [-0.15, -0.1) is 0 Å². The van der Waals surface area contributed by atoms with Crippen molar-refractivity contribution >= 4 is 39.1 Å². The average Bonchev–Trinajstić information content (AvgIpc) is 2.93. The van der Waals surface area contributed by atoms with Crippen molar-refractivity contribution in [2.24, 2.45) is 0 Å². The molecule has 1 heterocycles. The van der Waals surface area contributed by atoms with Gasteiger partial charge in [0.2, 0.25) is 5.91 Å². The van der Waals surface area contributed by atoms with E-state index in [-0.39, 0.29) is 11.8 Å². The molecular weight excluding hydrogens is 358 g/mol. The van der Waals surface area contributed by atoms with Gasteiger partial charge in [0.05, 0.1) is 0 Å². The van der Waals surface area contributed by atoms with E-state index in [4.69, 9.17) is 0 Å². The Bertz CT molecular complexity index is 789. The van der Waals surface area contributed by atoms with Crippen LogP contribution in [0.15, 0.2) is 40.9 Å². The van der Waals surface area contributed by atoms with Crippen LogP contribution in [0.5, 0.6) is 0 Å². The Balaban J connectivity index is 1.80. The number of carbonyl (C=O) groups is 2. The van der Waals surface area contributed by atoms with E-state index in [1.807, 2.05) is 18.2 Å². The summed E-state index contributed by atoms with van der Waals surface area (Å²) in [6.45, 7) is 3.12. The molecule has 0 saturated heterocycles. The summed E-state index contributed by atoms with van der Waals surface area (Å²) >= 11 is 3.36. The van der Waals surface area contributed by atoms with E-state index in [0.717, 1.165) is 23.2 Å². The van der Waals surface area contributed by atoms with Crippen molar-refractivity contribution in [1.82, 2.24) is 5.32 Å². The van der Waals surface area contributed by atoms with Gasteiger partial charge in [-0.3, -0.25) is 9.59 Å². The number of benzene rings is 2. The average molecular weight is 374 g/mol. The predicted octanol–water partition coefficient (Wildman–Crippen LogP) is 3.26. The van der Waals surface area contributed by atoms with E-state index in [9.17, 15) is 9.59 Å². The molecule has 2 aromatic rings. The van der Waals surface area contributed by atoms with Crippen LogP contribution in [0, 0.1) is 0 Å². The molecule has 1 aliphatic heterocycles. The minimum absolute atomic E-state index is 0.180. The van der Waals surface area contributed by atoms with Crippen LogP contribution in [0.4, 0.5) is 11.4 Å². The lowest BCUT2D eigenvalue weighted by molar-refractivity contribution is -0.114. The second kappa shape index (κ2) is 6.52. The van der Waals surface area contributed by atoms with Crippen LogP contribution in [-0.4, -0.2) is 11.8 Å². The van der Waals surface area contributed by atoms with Gasteiger partial charge >= 0.3 is 0 Å². The summed E-state index contributed by atoms with van der Waals surface area (Å²) in [5, 5.41) is 8.85. The molecule has 0 spiro atoms. The number of fused-ring (bicyclic) bond motifs is 1. The molecule has 23 heavy (non-hydrogen) atoms. The maximum atomic E-state index is 12.4. The van der Waals surface area contributed by atoms with Gasteiger partial charge in [-0.2, -0.15) is 0 Å². The van der Waals surface area contributed by atoms with Crippen LogP contribution < -0.4 is 16.0 Å². The fourth-order valence-corrected chi connectivity index (χ4v) is 3.07.